The van der Waals surface area contributed by atoms with Gasteiger partial charge < -0.3 is 14.9 Å². The fraction of sp³-hybridized carbons (Fsp3) is 0.333. The molecule has 0 aromatic heterocycles. The van der Waals surface area contributed by atoms with Gasteiger partial charge in [0.25, 0.3) is 0 Å². The number of rotatable bonds is 6. The Bertz CT molecular complexity index is 1200. The van der Waals surface area contributed by atoms with Crippen LogP contribution in [0.15, 0.2) is 78.9 Å². The van der Waals surface area contributed by atoms with Gasteiger partial charge in [0.15, 0.2) is 0 Å². The molecule has 2 N–H and O–H groups in total. The zero-order valence-corrected chi connectivity index (χ0v) is 20.6. The minimum absolute atomic E-state index is 0.127. The molecule has 3 aromatic rings. The van der Waals surface area contributed by atoms with Crippen molar-refractivity contribution >= 4 is 11.6 Å². The van der Waals surface area contributed by atoms with Gasteiger partial charge in [0, 0.05) is 31.1 Å². The molecule has 0 amide bonds. The van der Waals surface area contributed by atoms with Crippen LogP contribution in [0.5, 0.6) is 0 Å². The fourth-order valence-electron chi connectivity index (χ4n) is 5.19. The Labute approximate surface area is 212 Å². The molecule has 1 saturated heterocycles. The van der Waals surface area contributed by atoms with Crippen LogP contribution in [0.1, 0.15) is 45.9 Å². The Balaban J connectivity index is 1.33. The van der Waals surface area contributed by atoms with Crippen LogP contribution in [0, 0.1) is 0 Å². The van der Waals surface area contributed by atoms with Crippen LogP contribution < -0.4 is 0 Å². The Kier molecular flexibility index (Phi) is 7.37. The van der Waals surface area contributed by atoms with Crippen molar-refractivity contribution in [3.63, 3.8) is 0 Å². The number of fused-ring (bicyclic) bond motifs is 1. The molecular weight excluding hydrogens is 458 g/mol. The van der Waals surface area contributed by atoms with E-state index in [0.29, 0.717) is 23.4 Å². The summed E-state index contributed by atoms with van der Waals surface area (Å²) in [6, 6.07) is 23.3. The molecule has 3 atom stereocenters. The third kappa shape index (κ3) is 5.53. The lowest BCUT2D eigenvalue weighted by molar-refractivity contribution is -0.0785. The summed E-state index contributed by atoms with van der Waals surface area (Å²) >= 11 is 6.60. The smallest absolute Gasteiger partial charge is 0.106 e. The first-order valence-corrected chi connectivity index (χ1v) is 12.7. The first kappa shape index (κ1) is 24.2. The first-order valence-electron chi connectivity index (χ1n) is 12.3. The summed E-state index contributed by atoms with van der Waals surface area (Å²) in [5.74, 6) is 0. The molecule has 5 rings (SSSR count). The molecule has 5 heteroatoms. The summed E-state index contributed by atoms with van der Waals surface area (Å²) in [6.45, 7) is 6.90. The van der Waals surface area contributed by atoms with Crippen molar-refractivity contribution < 1.29 is 14.9 Å². The minimum Gasteiger partial charge on any atom is -0.394 e. The standard InChI is InChI=1S/C30H32ClNO3/c1-20-29(34)16-27(19-33)35-30(20)24-9-10-28(31)25(15-24)13-22-7-8-23-11-12-32(18-26(23)14-22)17-21-5-3-2-4-6-21/h2-10,14-15,27,29-30,33-34H,1,11-13,16-19H2. The second-order valence-electron chi connectivity index (χ2n) is 9.72. The number of aliphatic hydroxyl groups excluding tert-OH is 2. The van der Waals surface area contributed by atoms with Crippen LogP contribution >= 0.6 is 11.6 Å². The van der Waals surface area contributed by atoms with Gasteiger partial charge in [-0.15, -0.1) is 0 Å². The van der Waals surface area contributed by atoms with Gasteiger partial charge >= 0.3 is 0 Å². The number of nitrogens with zero attached hydrogens (tertiary/aromatic N) is 1. The zero-order chi connectivity index (χ0) is 24.4. The molecule has 2 heterocycles. The van der Waals surface area contributed by atoms with E-state index in [4.69, 9.17) is 16.3 Å². The predicted octanol–water partition coefficient (Wildman–Crippen LogP) is 5.23. The van der Waals surface area contributed by atoms with E-state index in [1.54, 1.807) is 0 Å². The molecule has 2 aliphatic heterocycles. The monoisotopic (exact) mass is 489 g/mol. The summed E-state index contributed by atoms with van der Waals surface area (Å²) < 4.78 is 6.03. The maximum absolute atomic E-state index is 10.4. The van der Waals surface area contributed by atoms with Crippen LogP contribution in [-0.2, 0) is 30.7 Å². The molecule has 4 nitrogen and oxygen atoms in total. The van der Waals surface area contributed by atoms with E-state index >= 15 is 0 Å². The van der Waals surface area contributed by atoms with Crippen LogP contribution in [0.4, 0.5) is 0 Å². The number of hydrogen-bond acceptors (Lipinski definition) is 4. The SMILES string of the molecule is C=C1C(O)CC(CO)OC1c1ccc(Cl)c(Cc2ccc3c(c2)CN(Cc2ccccc2)CC3)c1. The summed E-state index contributed by atoms with van der Waals surface area (Å²) in [5.41, 5.74) is 7.91. The quantitative estimate of drug-likeness (QED) is 0.466. The number of aliphatic hydroxyl groups is 2. The molecule has 35 heavy (non-hydrogen) atoms. The predicted molar refractivity (Wildman–Crippen MR) is 139 cm³/mol. The average Bonchev–Trinajstić information content (AvgIpc) is 2.87. The largest absolute Gasteiger partial charge is 0.394 e. The highest BCUT2D eigenvalue weighted by Crippen LogP contribution is 2.37. The van der Waals surface area contributed by atoms with E-state index < -0.39 is 18.3 Å². The summed E-state index contributed by atoms with van der Waals surface area (Å²) in [5, 5.41) is 20.6. The van der Waals surface area contributed by atoms with Gasteiger partial charge in [-0.2, -0.15) is 0 Å². The van der Waals surface area contributed by atoms with Gasteiger partial charge in [0.05, 0.1) is 18.8 Å². The van der Waals surface area contributed by atoms with Crippen molar-refractivity contribution in [3.8, 4) is 0 Å². The molecule has 182 valence electrons. The molecule has 3 aromatic carbocycles. The van der Waals surface area contributed by atoms with Crippen LogP contribution in [0.3, 0.4) is 0 Å². The highest BCUT2D eigenvalue weighted by atomic mass is 35.5. The Morgan fingerprint density at radius 2 is 1.83 bits per heavy atom. The topological polar surface area (TPSA) is 52.9 Å². The number of ether oxygens (including phenoxy) is 1. The van der Waals surface area contributed by atoms with Crippen LogP contribution in [0.25, 0.3) is 0 Å². The van der Waals surface area contributed by atoms with E-state index in [9.17, 15) is 10.2 Å². The Hall–Kier alpha value is -2.47. The van der Waals surface area contributed by atoms with E-state index in [1.165, 1.54) is 22.3 Å². The maximum Gasteiger partial charge on any atom is 0.106 e. The van der Waals surface area contributed by atoms with Gasteiger partial charge in [0.1, 0.15) is 6.10 Å². The summed E-state index contributed by atoms with van der Waals surface area (Å²) in [7, 11) is 0. The van der Waals surface area contributed by atoms with Gasteiger partial charge in [-0.1, -0.05) is 78.8 Å². The fourth-order valence-corrected chi connectivity index (χ4v) is 5.37. The maximum atomic E-state index is 10.4. The molecule has 3 unspecified atom stereocenters. The highest BCUT2D eigenvalue weighted by Gasteiger charge is 2.32. The van der Waals surface area contributed by atoms with Crippen LogP contribution in [0.2, 0.25) is 5.02 Å². The van der Waals surface area contributed by atoms with Crippen molar-refractivity contribution in [1.29, 1.82) is 0 Å². The van der Waals surface area contributed by atoms with Gasteiger partial charge in [-0.25, -0.2) is 0 Å². The summed E-state index contributed by atoms with van der Waals surface area (Å²) in [6.07, 6.45) is 0.589. The molecule has 0 saturated carbocycles. The average molecular weight is 490 g/mol. The van der Waals surface area contributed by atoms with E-state index in [0.717, 1.165) is 37.2 Å². The summed E-state index contributed by atoms with van der Waals surface area (Å²) in [4.78, 5) is 2.50. The van der Waals surface area contributed by atoms with Gasteiger partial charge in [0.2, 0.25) is 0 Å². The van der Waals surface area contributed by atoms with Crippen molar-refractivity contribution in [1.82, 2.24) is 4.90 Å². The van der Waals surface area contributed by atoms with Crippen LogP contribution in [-0.4, -0.2) is 40.5 Å². The number of benzene rings is 3. The van der Waals surface area contributed by atoms with E-state index in [-0.39, 0.29) is 6.61 Å². The molecule has 0 bridgehead atoms. The minimum atomic E-state index is -0.690. The van der Waals surface area contributed by atoms with Crippen molar-refractivity contribution in [3.05, 3.63) is 117 Å². The second kappa shape index (κ2) is 10.7. The number of hydrogen-bond donors (Lipinski definition) is 2. The van der Waals surface area contributed by atoms with Crippen molar-refractivity contribution in [2.45, 2.75) is 50.7 Å². The van der Waals surface area contributed by atoms with E-state index in [1.807, 2.05) is 18.2 Å². The van der Waals surface area contributed by atoms with Crippen molar-refractivity contribution in [2.75, 3.05) is 13.2 Å². The Morgan fingerprint density at radius 1 is 1.00 bits per heavy atom. The third-order valence-electron chi connectivity index (χ3n) is 7.16. The van der Waals surface area contributed by atoms with Gasteiger partial charge in [-0.05, 0) is 57.9 Å². The molecular formula is C30H32ClNO3. The third-order valence-corrected chi connectivity index (χ3v) is 7.53. The Morgan fingerprint density at radius 3 is 2.63 bits per heavy atom. The van der Waals surface area contributed by atoms with Crippen molar-refractivity contribution in [2.24, 2.45) is 0 Å². The molecule has 0 aliphatic carbocycles. The first-order chi connectivity index (χ1) is 17.0. The van der Waals surface area contributed by atoms with E-state index in [2.05, 4.69) is 60.0 Å². The molecule has 1 fully saturated rings. The normalized spacial score (nSPS) is 22.7. The number of halogens is 1. The van der Waals surface area contributed by atoms with Gasteiger partial charge in [-0.3, -0.25) is 4.90 Å². The molecule has 0 radical (unpaired) electrons. The lowest BCUT2D eigenvalue weighted by Crippen LogP contribution is -2.35. The lowest BCUT2D eigenvalue weighted by atomic mass is 9.90. The highest BCUT2D eigenvalue weighted by molar-refractivity contribution is 6.31. The zero-order valence-electron chi connectivity index (χ0n) is 19.9. The second-order valence-corrected chi connectivity index (χ2v) is 10.1. The molecule has 2 aliphatic rings. The molecule has 0 spiro atoms. The lowest BCUT2D eigenvalue weighted by Gasteiger charge is -2.34.